The quantitative estimate of drug-likeness (QED) is 0.0743. The van der Waals surface area contributed by atoms with Crippen LogP contribution < -0.4 is 16.1 Å². The van der Waals surface area contributed by atoms with E-state index >= 15 is 0 Å². The van der Waals surface area contributed by atoms with E-state index in [9.17, 15) is 19.2 Å². The van der Waals surface area contributed by atoms with Crippen LogP contribution in [0.2, 0.25) is 0 Å². The van der Waals surface area contributed by atoms with Crippen molar-refractivity contribution < 1.29 is 38.1 Å². The molecule has 0 heterocycles. The fourth-order valence-electron chi connectivity index (χ4n) is 4.02. The Hall–Kier alpha value is -4.32. The van der Waals surface area contributed by atoms with Crippen LogP contribution in [-0.4, -0.2) is 67.1 Å². The molecule has 12 nitrogen and oxygen atoms in total. The van der Waals surface area contributed by atoms with Gasteiger partial charge in [-0.1, -0.05) is 74.0 Å². The molecular weight excluding hydrogens is 592 g/mol. The van der Waals surface area contributed by atoms with Crippen molar-refractivity contribution >= 4 is 24.2 Å². The molecule has 0 saturated heterocycles. The minimum absolute atomic E-state index is 0.0391. The number of alkyl carbamates (subject to hydrolysis) is 2. The van der Waals surface area contributed by atoms with Gasteiger partial charge in [-0.15, -0.1) is 0 Å². The lowest BCUT2D eigenvalue weighted by atomic mass is 10.2. The molecule has 0 aromatic heterocycles. The lowest BCUT2D eigenvalue weighted by molar-refractivity contribution is -0.145. The molecule has 0 spiro atoms. The van der Waals surface area contributed by atoms with Crippen LogP contribution in [0.25, 0.3) is 0 Å². The molecule has 0 saturated carbocycles. The molecule has 3 amide bonds. The number of hydrogen-bond acceptors (Lipinski definition) is 9. The molecule has 2 aromatic carbocycles. The SMILES string of the molecule is CCCCOC(=O)N(CCCCCNC(=O)OCc1ccccc1)NC[C@H](CC(=O)OCc1ccccc1)NC(=O)OC(C)(C)C. The zero-order valence-corrected chi connectivity index (χ0v) is 27.5. The average molecular weight is 643 g/mol. The van der Waals surface area contributed by atoms with E-state index in [1.165, 1.54) is 5.01 Å². The fraction of sp³-hybridized carbons (Fsp3) is 0.529. The maximum atomic E-state index is 12.9. The molecule has 0 aliphatic heterocycles. The number of benzene rings is 2. The predicted molar refractivity (Wildman–Crippen MR) is 173 cm³/mol. The molecule has 3 N–H and O–H groups in total. The van der Waals surface area contributed by atoms with Gasteiger partial charge in [0, 0.05) is 19.6 Å². The van der Waals surface area contributed by atoms with Gasteiger partial charge in [-0.25, -0.2) is 24.8 Å². The highest BCUT2D eigenvalue weighted by molar-refractivity contribution is 5.73. The van der Waals surface area contributed by atoms with Crippen molar-refractivity contribution in [2.75, 3.05) is 26.2 Å². The smallest absolute Gasteiger partial charge is 0.424 e. The molecule has 1 atom stereocenters. The van der Waals surface area contributed by atoms with Gasteiger partial charge in [0.15, 0.2) is 0 Å². The molecule has 2 rings (SSSR count). The Balaban J connectivity index is 1.88. The number of rotatable bonds is 19. The van der Waals surface area contributed by atoms with E-state index in [4.69, 9.17) is 18.9 Å². The first kappa shape index (κ1) is 37.9. The first-order chi connectivity index (χ1) is 22.1. The zero-order chi connectivity index (χ0) is 33.6. The van der Waals surface area contributed by atoms with Crippen molar-refractivity contribution in [1.82, 2.24) is 21.1 Å². The molecule has 12 heteroatoms. The van der Waals surface area contributed by atoms with Gasteiger partial charge in [-0.3, -0.25) is 4.79 Å². The van der Waals surface area contributed by atoms with Gasteiger partial charge in [0.1, 0.15) is 18.8 Å². The minimum atomic E-state index is -0.741. The molecule has 46 heavy (non-hydrogen) atoms. The van der Waals surface area contributed by atoms with Crippen LogP contribution in [-0.2, 0) is 37.0 Å². The van der Waals surface area contributed by atoms with Crippen LogP contribution in [0.15, 0.2) is 60.7 Å². The van der Waals surface area contributed by atoms with E-state index in [2.05, 4.69) is 16.1 Å². The molecule has 0 fully saturated rings. The third kappa shape index (κ3) is 17.8. The van der Waals surface area contributed by atoms with Crippen molar-refractivity contribution in [2.24, 2.45) is 0 Å². The third-order valence-corrected chi connectivity index (χ3v) is 6.39. The van der Waals surface area contributed by atoms with Gasteiger partial charge >= 0.3 is 24.2 Å². The Morgan fingerprint density at radius 2 is 1.41 bits per heavy atom. The second-order valence-corrected chi connectivity index (χ2v) is 11.7. The van der Waals surface area contributed by atoms with Crippen molar-refractivity contribution in [3.05, 3.63) is 71.8 Å². The summed E-state index contributed by atoms with van der Waals surface area (Å²) in [5.74, 6) is -0.515. The highest BCUT2D eigenvalue weighted by Gasteiger charge is 2.24. The maximum Gasteiger partial charge on any atom is 0.424 e. The van der Waals surface area contributed by atoms with Gasteiger partial charge in [-0.2, -0.15) is 0 Å². The third-order valence-electron chi connectivity index (χ3n) is 6.39. The number of carbonyl (C=O) groups is 4. The largest absolute Gasteiger partial charge is 0.461 e. The summed E-state index contributed by atoms with van der Waals surface area (Å²) in [4.78, 5) is 50.1. The average Bonchev–Trinajstić information content (AvgIpc) is 3.02. The highest BCUT2D eigenvalue weighted by atomic mass is 16.6. The second kappa shape index (κ2) is 21.4. The van der Waals surface area contributed by atoms with Crippen LogP contribution >= 0.6 is 0 Å². The summed E-state index contributed by atoms with van der Waals surface area (Å²) in [5, 5.41) is 6.79. The number of amides is 3. The Morgan fingerprint density at radius 3 is 2.02 bits per heavy atom. The molecule has 0 aliphatic rings. The van der Waals surface area contributed by atoms with Gasteiger partial charge in [0.2, 0.25) is 0 Å². The molecule has 0 bridgehead atoms. The number of esters is 1. The van der Waals surface area contributed by atoms with Crippen LogP contribution in [0, 0.1) is 0 Å². The fourth-order valence-corrected chi connectivity index (χ4v) is 4.02. The first-order valence-electron chi connectivity index (χ1n) is 15.9. The summed E-state index contributed by atoms with van der Waals surface area (Å²) in [7, 11) is 0. The van der Waals surface area contributed by atoms with Crippen molar-refractivity contribution in [3.63, 3.8) is 0 Å². The van der Waals surface area contributed by atoms with Crippen molar-refractivity contribution in [3.8, 4) is 0 Å². The number of hydrazine groups is 1. The number of nitrogens with one attached hydrogen (secondary N) is 3. The monoisotopic (exact) mass is 642 g/mol. The molecule has 0 aliphatic carbocycles. The predicted octanol–water partition coefficient (Wildman–Crippen LogP) is 5.85. The zero-order valence-electron chi connectivity index (χ0n) is 27.5. The summed E-state index contributed by atoms with van der Waals surface area (Å²) < 4.78 is 21.4. The van der Waals surface area contributed by atoms with Gasteiger partial charge < -0.3 is 29.6 Å². The minimum Gasteiger partial charge on any atom is -0.461 e. The lowest BCUT2D eigenvalue weighted by Crippen LogP contribution is -2.52. The number of ether oxygens (including phenoxy) is 4. The van der Waals surface area contributed by atoms with Crippen LogP contribution in [0.3, 0.4) is 0 Å². The van der Waals surface area contributed by atoms with E-state index in [1.807, 2.05) is 67.6 Å². The standard InChI is InChI=1S/C34H50N4O8/c1-5-6-22-43-33(42)38(21-15-9-14-20-35-31(40)45-26-28-18-12-8-13-19-28)36-24-29(37-32(41)46-34(2,3)4)23-30(39)44-25-27-16-10-7-11-17-27/h7-8,10-13,16-19,29,36H,5-6,9,14-15,20-26H2,1-4H3,(H,35,40)(H,37,41)/t29-/m0/s1. The van der Waals surface area contributed by atoms with Crippen molar-refractivity contribution in [1.29, 1.82) is 0 Å². The van der Waals surface area contributed by atoms with Crippen LogP contribution in [0.4, 0.5) is 14.4 Å². The Labute approximate surface area is 272 Å². The van der Waals surface area contributed by atoms with E-state index in [0.29, 0.717) is 32.4 Å². The van der Waals surface area contributed by atoms with Gasteiger partial charge in [-0.05, 0) is 57.6 Å². The molecule has 0 unspecified atom stereocenters. The van der Waals surface area contributed by atoms with Crippen molar-refractivity contribution in [2.45, 2.75) is 91.1 Å². The Kier molecular flexibility index (Phi) is 17.6. The lowest BCUT2D eigenvalue weighted by Gasteiger charge is -2.27. The summed E-state index contributed by atoms with van der Waals surface area (Å²) in [6.45, 7) is 8.56. The topological polar surface area (TPSA) is 145 Å². The van der Waals surface area contributed by atoms with E-state index in [0.717, 1.165) is 24.0 Å². The van der Waals surface area contributed by atoms with E-state index in [1.54, 1.807) is 20.8 Å². The van der Waals surface area contributed by atoms with Crippen LogP contribution in [0.5, 0.6) is 0 Å². The second-order valence-electron chi connectivity index (χ2n) is 11.7. The Bertz CT molecular complexity index is 1170. The first-order valence-corrected chi connectivity index (χ1v) is 15.9. The summed E-state index contributed by atoms with van der Waals surface area (Å²) >= 11 is 0. The summed E-state index contributed by atoms with van der Waals surface area (Å²) in [6, 6.07) is 18.0. The summed E-state index contributed by atoms with van der Waals surface area (Å²) in [5.41, 5.74) is 4.03. The molecule has 0 radical (unpaired) electrons. The summed E-state index contributed by atoms with van der Waals surface area (Å²) in [6.07, 6.45) is 1.71. The number of carbonyl (C=O) groups excluding carboxylic acids is 4. The van der Waals surface area contributed by atoms with Crippen LogP contribution in [0.1, 0.15) is 77.3 Å². The maximum absolute atomic E-state index is 12.9. The molecule has 254 valence electrons. The molecule has 2 aromatic rings. The number of hydrogen-bond donors (Lipinski definition) is 3. The number of nitrogens with zero attached hydrogens (tertiary/aromatic N) is 1. The normalized spacial score (nSPS) is 11.6. The van der Waals surface area contributed by atoms with E-state index < -0.39 is 35.9 Å². The highest BCUT2D eigenvalue weighted by Crippen LogP contribution is 2.09. The van der Waals surface area contributed by atoms with Gasteiger partial charge in [0.05, 0.1) is 19.1 Å². The number of unbranched alkanes of at least 4 members (excludes halogenated alkanes) is 3. The Morgan fingerprint density at radius 1 is 0.783 bits per heavy atom. The van der Waals surface area contributed by atoms with Gasteiger partial charge in [0.25, 0.3) is 0 Å². The molecular formula is C34H50N4O8. The van der Waals surface area contributed by atoms with E-state index in [-0.39, 0.29) is 32.8 Å².